The van der Waals surface area contributed by atoms with E-state index in [0.717, 1.165) is 0 Å². The molecule has 2 aliphatic heterocycles. The molecule has 1 saturated heterocycles. The molecule has 130 valence electrons. The molecule has 0 spiro atoms. The number of carbonyl (C=O) groups is 2. The summed E-state index contributed by atoms with van der Waals surface area (Å²) in [5.41, 5.74) is 0.899. The number of benzene rings is 1. The van der Waals surface area contributed by atoms with Crippen molar-refractivity contribution in [3.8, 4) is 0 Å². The molecule has 0 saturated carbocycles. The highest BCUT2D eigenvalue weighted by molar-refractivity contribution is 6.42. The van der Waals surface area contributed by atoms with E-state index in [9.17, 15) is 22.8 Å². The quantitative estimate of drug-likeness (QED) is 0.757. The van der Waals surface area contributed by atoms with Crippen molar-refractivity contribution >= 4 is 35.1 Å². The van der Waals surface area contributed by atoms with E-state index in [2.05, 4.69) is 10.1 Å². The fourth-order valence-corrected chi connectivity index (χ4v) is 3.25. The molecule has 0 radical (unpaired) electrons. The Balaban J connectivity index is 1.90. The smallest absolute Gasteiger partial charge is 0.438 e. The summed E-state index contributed by atoms with van der Waals surface area (Å²) >= 11 is 11.9. The van der Waals surface area contributed by atoms with Gasteiger partial charge in [0.2, 0.25) is 0 Å². The lowest BCUT2D eigenvalue weighted by Gasteiger charge is -2.44. The second-order valence-corrected chi connectivity index (χ2v) is 6.29. The molecule has 5 nitrogen and oxygen atoms in total. The number of amides is 1. The van der Waals surface area contributed by atoms with Crippen molar-refractivity contribution in [1.82, 2.24) is 10.2 Å². The van der Waals surface area contributed by atoms with Gasteiger partial charge in [0.15, 0.2) is 6.23 Å². The molecule has 1 unspecified atom stereocenters. The molecular formula is C14H11Cl2F3N2O3. The Kier molecular flexibility index (Phi) is 4.39. The minimum Gasteiger partial charge on any atom is -0.438 e. The predicted molar refractivity (Wildman–Crippen MR) is 78.9 cm³/mol. The highest BCUT2D eigenvalue weighted by Crippen LogP contribution is 2.33. The Morgan fingerprint density at radius 1 is 1.29 bits per heavy atom. The topological polar surface area (TPSA) is 58.6 Å². The van der Waals surface area contributed by atoms with E-state index < -0.39 is 24.4 Å². The average Bonchev–Trinajstić information content (AvgIpc) is 2.49. The summed E-state index contributed by atoms with van der Waals surface area (Å²) in [5, 5.41) is 3.16. The van der Waals surface area contributed by atoms with Gasteiger partial charge in [0.25, 0.3) is 5.91 Å². The minimum atomic E-state index is -5.10. The molecular weight excluding hydrogens is 372 g/mol. The van der Waals surface area contributed by atoms with Crippen LogP contribution < -0.4 is 5.32 Å². The molecule has 2 aliphatic rings. The first-order chi connectivity index (χ1) is 11.2. The van der Waals surface area contributed by atoms with Crippen molar-refractivity contribution in [3.05, 3.63) is 33.3 Å². The van der Waals surface area contributed by atoms with Crippen molar-refractivity contribution in [2.24, 2.45) is 0 Å². The van der Waals surface area contributed by atoms with Crippen LogP contribution in [0.5, 0.6) is 0 Å². The van der Waals surface area contributed by atoms with Crippen molar-refractivity contribution < 1.29 is 27.5 Å². The molecule has 1 aromatic rings. The second-order valence-electron chi connectivity index (χ2n) is 5.47. The number of nitrogens with one attached hydrogen (secondary N) is 1. The molecule has 1 N–H and O–H groups in total. The predicted octanol–water partition coefficient (Wildman–Crippen LogP) is 2.40. The summed E-state index contributed by atoms with van der Waals surface area (Å²) in [7, 11) is 0. The van der Waals surface area contributed by atoms with Crippen LogP contribution in [0.3, 0.4) is 0 Å². The number of hydrogen-bond acceptors (Lipinski definition) is 4. The Hall–Kier alpha value is -1.51. The molecule has 0 aliphatic carbocycles. The van der Waals surface area contributed by atoms with Gasteiger partial charge in [0.1, 0.15) is 0 Å². The molecule has 0 bridgehead atoms. The Labute approximate surface area is 144 Å². The standard InChI is InChI=1S/C14H11Cl2F3N2O3/c15-8-3-6-4-10-11(24-13(23)14(17,18)19)20-1-2-21(10)12(22)7(6)5-9(8)16/h3,5,10-11,20H,1-2,4H2/t10-,11?/m1/s1. The van der Waals surface area contributed by atoms with Crippen LogP contribution >= 0.6 is 23.2 Å². The van der Waals surface area contributed by atoms with E-state index in [1.807, 2.05) is 0 Å². The van der Waals surface area contributed by atoms with Crippen molar-refractivity contribution in [3.63, 3.8) is 0 Å². The molecule has 1 aromatic carbocycles. The minimum absolute atomic E-state index is 0.195. The molecule has 3 rings (SSSR count). The van der Waals surface area contributed by atoms with Crippen LogP contribution in [0, 0.1) is 0 Å². The number of fused-ring (bicyclic) bond motifs is 2. The van der Waals surface area contributed by atoms with Crippen LogP contribution in [-0.2, 0) is 16.0 Å². The van der Waals surface area contributed by atoms with E-state index in [0.29, 0.717) is 11.1 Å². The van der Waals surface area contributed by atoms with Gasteiger partial charge in [-0.05, 0) is 24.1 Å². The first-order valence-electron chi connectivity index (χ1n) is 6.98. The largest absolute Gasteiger partial charge is 0.490 e. The first-order valence-corrected chi connectivity index (χ1v) is 7.74. The maximum atomic E-state index is 12.6. The van der Waals surface area contributed by atoms with Gasteiger partial charge in [-0.15, -0.1) is 0 Å². The summed E-state index contributed by atoms with van der Waals surface area (Å²) in [6.45, 7) is 0.484. The highest BCUT2D eigenvalue weighted by Gasteiger charge is 2.47. The summed E-state index contributed by atoms with van der Waals surface area (Å²) in [6.07, 6.45) is -6.16. The van der Waals surface area contributed by atoms with E-state index in [-0.39, 0.29) is 35.5 Å². The zero-order chi connectivity index (χ0) is 17.6. The van der Waals surface area contributed by atoms with Crippen LogP contribution in [0.1, 0.15) is 15.9 Å². The fraction of sp³-hybridized carbons (Fsp3) is 0.429. The average molecular weight is 383 g/mol. The van der Waals surface area contributed by atoms with Crippen molar-refractivity contribution in [2.75, 3.05) is 13.1 Å². The van der Waals surface area contributed by atoms with Crippen LogP contribution in [0.2, 0.25) is 10.0 Å². The number of piperazine rings is 1. The monoisotopic (exact) mass is 382 g/mol. The molecule has 0 aromatic heterocycles. The molecule has 10 heteroatoms. The van der Waals surface area contributed by atoms with Gasteiger partial charge in [-0.1, -0.05) is 23.2 Å². The molecule has 1 amide bonds. The SMILES string of the molecule is O=C1c2cc(Cl)c(Cl)cc2C[C@@H]2C(OC(=O)C(F)(F)F)NCCN12. The third kappa shape index (κ3) is 3.05. The second kappa shape index (κ2) is 6.09. The van der Waals surface area contributed by atoms with Gasteiger partial charge in [-0.3, -0.25) is 10.1 Å². The number of hydrogen-bond donors (Lipinski definition) is 1. The number of nitrogens with zero attached hydrogens (tertiary/aromatic N) is 1. The summed E-state index contributed by atoms with van der Waals surface area (Å²) < 4.78 is 41.8. The van der Waals surface area contributed by atoms with Crippen molar-refractivity contribution in [2.45, 2.75) is 24.9 Å². The highest BCUT2D eigenvalue weighted by atomic mass is 35.5. The number of halogens is 5. The van der Waals surface area contributed by atoms with Crippen LogP contribution in [-0.4, -0.2) is 48.3 Å². The van der Waals surface area contributed by atoms with E-state index in [1.165, 1.54) is 17.0 Å². The summed E-state index contributed by atoms with van der Waals surface area (Å²) in [4.78, 5) is 25.1. The Morgan fingerprint density at radius 3 is 2.62 bits per heavy atom. The summed E-state index contributed by atoms with van der Waals surface area (Å²) in [6, 6.07) is 2.20. The van der Waals surface area contributed by atoms with Gasteiger partial charge >= 0.3 is 12.1 Å². The zero-order valence-electron chi connectivity index (χ0n) is 12.0. The number of ether oxygens (including phenoxy) is 1. The van der Waals surface area contributed by atoms with E-state index in [1.54, 1.807) is 0 Å². The maximum Gasteiger partial charge on any atom is 0.490 e. The van der Waals surface area contributed by atoms with E-state index >= 15 is 0 Å². The zero-order valence-corrected chi connectivity index (χ0v) is 13.5. The maximum absolute atomic E-state index is 12.6. The fourth-order valence-electron chi connectivity index (χ4n) is 2.90. The first kappa shape index (κ1) is 17.3. The van der Waals surface area contributed by atoms with Gasteiger partial charge < -0.3 is 9.64 Å². The van der Waals surface area contributed by atoms with Crippen LogP contribution in [0.4, 0.5) is 13.2 Å². The van der Waals surface area contributed by atoms with Gasteiger partial charge in [-0.25, -0.2) is 4.79 Å². The van der Waals surface area contributed by atoms with E-state index in [4.69, 9.17) is 23.2 Å². The molecule has 1 fully saturated rings. The third-order valence-electron chi connectivity index (χ3n) is 3.98. The third-order valence-corrected chi connectivity index (χ3v) is 4.70. The van der Waals surface area contributed by atoms with Gasteiger partial charge in [-0.2, -0.15) is 13.2 Å². The Morgan fingerprint density at radius 2 is 1.96 bits per heavy atom. The summed E-state index contributed by atoms with van der Waals surface area (Å²) in [5.74, 6) is -2.68. The van der Waals surface area contributed by atoms with Gasteiger partial charge in [0.05, 0.1) is 16.1 Å². The lowest BCUT2D eigenvalue weighted by atomic mass is 9.91. The van der Waals surface area contributed by atoms with Crippen molar-refractivity contribution in [1.29, 1.82) is 0 Å². The van der Waals surface area contributed by atoms with Crippen LogP contribution in [0.15, 0.2) is 12.1 Å². The molecule has 2 atom stereocenters. The lowest BCUT2D eigenvalue weighted by molar-refractivity contribution is -0.210. The normalized spacial score (nSPS) is 23.5. The molecule has 2 heterocycles. The number of alkyl halides is 3. The number of carbonyl (C=O) groups excluding carboxylic acids is 2. The Bertz CT molecular complexity index is 711. The lowest BCUT2D eigenvalue weighted by Crippen LogP contribution is -2.63. The number of rotatable bonds is 1. The molecule has 24 heavy (non-hydrogen) atoms. The van der Waals surface area contributed by atoms with Crippen LogP contribution in [0.25, 0.3) is 0 Å². The van der Waals surface area contributed by atoms with Gasteiger partial charge in [0, 0.05) is 18.7 Å². The number of esters is 1.